The number of rotatable bonds is 3. The Morgan fingerprint density at radius 2 is 2.29 bits per heavy atom. The number of anilines is 1. The minimum Gasteiger partial charge on any atom is -0.491 e. The van der Waals surface area contributed by atoms with Gasteiger partial charge in [-0.15, -0.1) is 0 Å². The maximum absolute atomic E-state index is 5.15. The van der Waals surface area contributed by atoms with Gasteiger partial charge in [0.15, 0.2) is 11.6 Å². The Kier molecular flexibility index (Phi) is 2.06. The maximum Gasteiger partial charge on any atom is 0.179 e. The van der Waals surface area contributed by atoms with Crippen LogP contribution in [-0.4, -0.2) is 23.1 Å². The van der Waals surface area contributed by atoms with Gasteiger partial charge in [0.1, 0.15) is 6.33 Å². The van der Waals surface area contributed by atoms with Gasteiger partial charge in [0.05, 0.1) is 13.3 Å². The Hall–Kier alpha value is -1.32. The quantitative estimate of drug-likeness (QED) is 0.793. The largest absolute Gasteiger partial charge is 0.491 e. The molecule has 76 valence electrons. The van der Waals surface area contributed by atoms with Gasteiger partial charge >= 0.3 is 0 Å². The van der Waals surface area contributed by atoms with Crippen LogP contribution in [0.15, 0.2) is 12.5 Å². The van der Waals surface area contributed by atoms with Crippen molar-refractivity contribution in [3.8, 4) is 5.75 Å². The molecule has 2 rings (SSSR count). The fourth-order valence-corrected chi connectivity index (χ4v) is 1.45. The number of ether oxygens (including phenoxy) is 1. The van der Waals surface area contributed by atoms with Crippen LogP contribution in [0.2, 0.25) is 0 Å². The Labute approximate surface area is 83.7 Å². The van der Waals surface area contributed by atoms with E-state index in [-0.39, 0.29) is 0 Å². The average Bonchev–Trinajstić information content (AvgIpc) is 2.75. The summed E-state index contributed by atoms with van der Waals surface area (Å²) < 4.78 is 5.15. The van der Waals surface area contributed by atoms with E-state index in [0.717, 1.165) is 5.82 Å². The molecule has 4 heteroatoms. The second kappa shape index (κ2) is 3.12. The van der Waals surface area contributed by atoms with Gasteiger partial charge in [-0.05, 0) is 11.8 Å². The standard InChI is InChI=1S/C10H15N3O/c1-10(2)4-8(10)13-9-7(14-3)5-11-6-12-9/h5-6,8H,4H2,1-3H3,(H,11,12,13). The molecule has 1 fully saturated rings. The van der Waals surface area contributed by atoms with E-state index >= 15 is 0 Å². The summed E-state index contributed by atoms with van der Waals surface area (Å²) in [6, 6.07) is 0.506. The highest BCUT2D eigenvalue weighted by molar-refractivity contribution is 5.50. The number of hydrogen-bond donors (Lipinski definition) is 1. The van der Waals surface area contributed by atoms with E-state index in [1.807, 2.05) is 0 Å². The van der Waals surface area contributed by atoms with E-state index in [9.17, 15) is 0 Å². The van der Waals surface area contributed by atoms with Crippen molar-refractivity contribution in [1.29, 1.82) is 0 Å². The first-order valence-electron chi connectivity index (χ1n) is 4.74. The lowest BCUT2D eigenvalue weighted by Crippen LogP contribution is -2.10. The highest BCUT2D eigenvalue weighted by atomic mass is 16.5. The van der Waals surface area contributed by atoms with Crippen molar-refractivity contribution in [2.24, 2.45) is 5.41 Å². The summed E-state index contributed by atoms with van der Waals surface area (Å²) in [4.78, 5) is 8.05. The SMILES string of the molecule is COc1cncnc1NC1CC1(C)C. The molecule has 0 radical (unpaired) electrons. The molecule has 0 bridgehead atoms. The van der Waals surface area contributed by atoms with Gasteiger partial charge in [0, 0.05) is 6.04 Å². The van der Waals surface area contributed by atoms with Gasteiger partial charge in [0.25, 0.3) is 0 Å². The highest BCUT2D eigenvalue weighted by Crippen LogP contribution is 2.46. The third kappa shape index (κ3) is 1.64. The number of nitrogens with zero attached hydrogens (tertiary/aromatic N) is 2. The van der Waals surface area contributed by atoms with Crippen molar-refractivity contribution in [1.82, 2.24) is 9.97 Å². The van der Waals surface area contributed by atoms with Crippen LogP contribution in [0.25, 0.3) is 0 Å². The molecule has 4 nitrogen and oxygen atoms in total. The Morgan fingerprint density at radius 1 is 1.57 bits per heavy atom. The van der Waals surface area contributed by atoms with Crippen molar-refractivity contribution >= 4 is 5.82 Å². The van der Waals surface area contributed by atoms with Crippen LogP contribution in [0.5, 0.6) is 5.75 Å². The summed E-state index contributed by atoms with van der Waals surface area (Å²) in [6.45, 7) is 4.47. The molecule has 1 aliphatic carbocycles. The molecule has 1 aromatic heterocycles. The Bertz CT molecular complexity index is 338. The number of nitrogens with one attached hydrogen (secondary N) is 1. The van der Waals surface area contributed by atoms with Crippen molar-refractivity contribution in [2.45, 2.75) is 26.3 Å². The fourth-order valence-electron chi connectivity index (χ4n) is 1.45. The van der Waals surface area contributed by atoms with E-state index < -0.39 is 0 Å². The summed E-state index contributed by atoms with van der Waals surface area (Å²) in [6.07, 6.45) is 4.38. The average molecular weight is 193 g/mol. The number of hydrogen-bond acceptors (Lipinski definition) is 4. The number of aromatic nitrogens is 2. The van der Waals surface area contributed by atoms with Crippen molar-refractivity contribution in [2.75, 3.05) is 12.4 Å². The number of methoxy groups -OCH3 is 1. The predicted molar refractivity (Wildman–Crippen MR) is 54.4 cm³/mol. The van der Waals surface area contributed by atoms with E-state index in [4.69, 9.17) is 4.74 Å². The molecule has 0 amide bonds. The summed E-state index contributed by atoms with van der Waals surface area (Å²) in [5.74, 6) is 1.49. The van der Waals surface area contributed by atoms with Crippen LogP contribution >= 0.6 is 0 Å². The van der Waals surface area contributed by atoms with Crippen molar-refractivity contribution in [3.63, 3.8) is 0 Å². The van der Waals surface area contributed by atoms with Crippen LogP contribution in [0, 0.1) is 5.41 Å². The fraction of sp³-hybridized carbons (Fsp3) is 0.600. The maximum atomic E-state index is 5.15. The highest BCUT2D eigenvalue weighted by Gasteiger charge is 2.46. The van der Waals surface area contributed by atoms with E-state index in [1.165, 1.54) is 12.7 Å². The predicted octanol–water partition coefficient (Wildman–Crippen LogP) is 1.70. The van der Waals surface area contributed by atoms with Gasteiger partial charge < -0.3 is 10.1 Å². The van der Waals surface area contributed by atoms with Crippen LogP contribution in [0.4, 0.5) is 5.82 Å². The summed E-state index contributed by atoms with van der Waals surface area (Å²) in [5.41, 5.74) is 0.385. The Balaban J connectivity index is 2.10. The van der Waals surface area contributed by atoms with Crippen LogP contribution < -0.4 is 10.1 Å². The van der Waals surface area contributed by atoms with E-state index in [1.54, 1.807) is 13.3 Å². The second-order valence-electron chi connectivity index (χ2n) is 4.33. The molecule has 14 heavy (non-hydrogen) atoms. The molecule has 1 aromatic rings. The lowest BCUT2D eigenvalue weighted by atomic mass is 10.2. The van der Waals surface area contributed by atoms with Gasteiger partial charge in [-0.2, -0.15) is 0 Å². The summed E-state index contributed by atoms with van der Waals surface area (Å²) in [7, 11) is 1.63. The van der Waals surface area contributed by atoms with Gasteiger partial charge in [0.2, 0.25) is 0 Å². The van der Waals surface area contributed by atoms with Crippen molar-refractivity contribution in [3.05, 3.63) is 12.5 Å². The van der Waals surface area contributed by atoms with Gasteiger partial charge in [-0.1, -0.05) is 13.8 Å². The minimum atomic E-state index is 0.385. The zero-order valence-corrected chi connectivity index (χ0v) is 8.74. The summed E-state index contributed by atoms with van der Waals surface area (Å²) >= 11 is 0. The Morgan fingerprint density at radius 3 is 2.86 bits per heavy atom. The molecule has 1 atom stereocenters. The molecule has 0 saturated heterocycles. The summed E-state index contributed by atoms with van der Waals surface area (Å²) in [5, 5.41) is 3.35. The van der Waals surface area contributed by atoms with Gasteiger partial charge in [-0.25, -0.2) is 9.97 Å². The van der Waals surface area contributed by atoms with Crippen molar-refractivity contribution < 1.29 is 4.74 Å². The molecule has 1 aliphatic rings. The smallest absolute Gasteiger partial charge is 0.179 e. The first-order chi connectivity index (χ1) is 6.63. The molecule has 1 N–H and O–H groups in total. The first kappa shape index (κ1) is 9.24. The topological polar surface area (TPSA) is 47.0 Å². The molecule has 0 aliphatic heterocycles. The molecule has 0 spiro atoms. The zero-order valence-electron chi connectivity index (χ0n) is 8.74. The van der Waals surface area contributed by atoms with Crippen LogP contribution in [0.3, 0.4) is 0 Å². The third-order valence-corrected chi connectivity index (χ3v) is 2.72. The van der Waals surface area contributed by atoms with Crippen LogP contribution in [0.1, 0.15) is 20.3 Å². The molecule has 1 heterocycles. The monoisotopic (exact) mass is 193 g/mol. The molecule has 0 aromatic carbocycles. The lowest BCUT2D eigenvalue weighted by molar-refractivity contribution is 0.412. The van der Waals surface area contributed by atoms with Gasteiger partial charge in [-0.3, -0.25) is 0 Å². The zero-order chi connectivity index (χ0) is 10.2. The molecular formula is C10H15N3O. The molecule has 1 saturated carbocycles. The third-order valence-electron chi connectivity index (χ3n) is 2.72. The van der Waals surface area contributed by atoms with E-state index in [2.05, 4.69) is 29.1 Å². The van der Waals surface area contributed by atoms with E-state index in [0.29, 0.717) is 17.2 Å². The van der Waals surface area contributed by atoms with Crippen LogP contribution in [-0.2, 0) is 0 Å². The molecular weight excluding hydrogens is 178 g/mol. The first-order valence-corrected chi connectivity index (χ1v) is 4.74. The second-order valence-corrected chi connectivity index (χ2v) is 4.33. The lowest BCUT2D eigenvalue weighted by Gasteiger charge is -2.09. The minimum absolute atomic E-state index is 0.385. The molecule has 1 unspecified atom stereocenters. The normalized spacial score (nSPS) is 22.9.